The SMILES string of the molecule is NC(=O)[C@H](Nc1cccc(-c2ccc(Cl)c(Cl)c2)c1)c1ccccc1. The number of anilines is 1. The van der Waals surface area contributed by atoms with E-state index in [2.05, 4.69) is 5.32 Å². The molecule has 3 nitrogen and oxygen atoms in total. The van der Waals surface area contributed by atoms with Gasteiger partial charge in [0, 0.05) is 5.69 Å². The highest BCUT2D eigenvalue weighted by molar-refractivity contribution is 6.42. The highest BCUT2D eigenvalue weighted by atomic mass is 35.5. The number of benzene rings is 3. The standard InChI is InChI=1S/C20H16Cl2N2O/c21-17-10-9-15(12-18(17)22)14-7-4-8-16(11-14)24-19(20(23)25)13-5-2-1-3-6-13/h1-12,19,24H,(H2,23,25)/t19-/m1/s1. The van der Waals surface area contributed by atoms with Crippen LogP contribution in [0.5, 0.6) is 0 Å². The van der Waals surface area contributed by atoms with Crippen molar-refractivity contribution < 1.29 is 4.79 Å². The van der Waals surface area contributed by atoms with E-state index in [0.29, 0.717) is 10.0 Å². The molecule has 3 aromatic carbocycles. The molecule has 3 N–H and O–H groups in total. The topological polar surface area (TPSA) is 55.1 Å². The van der Waals surface area contributed by atoms with E-state index in [0.717, 1.165) is 22.4 Å². The summed E-state index contributed by atoms with van der Waals surface area (Å²) in [6, 6.07) is 21.9. The second-order valence-electron chi connectivity index (χ2n) is 5.60. The lowest BCUT2D eigenvalue weighted by atomic mass is 10.0. The predicted octanol–water partition coefficient (Wildman–Crippen LogP) is 5.30. The average Bonchev–Trinajstić information content (AvgIpc) is 2.63. The van der Waals surface area contributed by atoms with E-state index in [4.69, 9.17) is 28.9 Å². The summed E-state index contributed by atoms with van der Waals surface area (Å²) in [5.74, 6) is -0.439. The number of carbonyl (C=O) groups is 1. The molecule has 1 atom stereocenters. The Bertz CT molecular complexity index is 897. The first-order valence-corrected chi connectivity index (χ1v) is 8.46. The minimum absolute atomic E-state index is 0.439. The van der Waals surface area contributed by atoms with Gasteiger partial charge in [0.25, 0.3) is 0 Å². The Balaban J connectivity index is 1.90. The Morgan fingerprint density at radius 3 is 2.24 bits per heavy atom. The number of halogens is 2. The van der Waals surface area contributed by atoms with Crippen LogP contribution in [0.2, 0.25) is 10.0 Å². The van der Waals surface area contributed by atoms with Gasteiger partial charge in [-0.15, -0.1) is 0 Å². The number of primary amides is 1. The first-order chi connectivity index (χ1) is 12.0. The fourth-order valence-corrected chi connectivity index (χ4v) is 2.89. The summed E-state index contributed by atoms with van der Waals surface area (Å²) in [6.45, 7) is 0. The number of amides is 1. The van der Waals surface area contributed by atoms with Crippen LogP contribution >= 0.6 is 23.2 Å². The molecular formula is C20H16Cl2N2O. The highest BCUT2D eigenvalue weighted by Crippen LogP contribution is 2.30. The molecule has 0 heterocycles. The second-order valence-corrected chi connectivity index (χ2v) is 6.41. The minimum atomic E-state index is -0.606. The number of hydrogen-bond acceptors (Lipinski definition) is 2. The molecule has 0 aliphatic rings. The summed E-state index contributed by atoms with van der Waals surface area (Å²) >= 11 is 12.1. The van der Waals surface area contributed by atoms with Crippen molar-refractivity contribution in [2.24, 2.45) is 5.73 Å². The smallest absolute Gasteiger partial charge is 0.244 e. The summed E-state index contributed by atoms with van der Waals surface area (Å²) in [5, 5.41) is 4.21. The average molecular weight is 371 g/mol. The zero-order valence-corrected chi connectivity index (χ0v) is 14.8. The monoisotopic (exact) mass is 370 g/mol. The minimum Gasteiger partial charge on any atom is -0.370 e. The van der Waals surface area contributed by atoms with Gasteiger partial charge in [-0.25, -0.2) is 0 Å². The van der Waals surface area contributed by atoms with Crippen LogP contribution in [-0.2, 0) is 4.79 Å². The van der Waals surface area contributed by atoms with Crippen LogP contribution in [0.4, 0.5) is 5.69 Å². The summed E-state index contributed by atoms with van der Waals surface area (Å²) < 4.78 is 0. The van der Waals surface area contributed by atoms with Crippen molar-refractivity contribution >= 4 is 34.8 Å². The fourth-order valence-electron chi connectivity index (χ4n) is 2.60. The van der Waals surface area contributed by atoms with Gasteiger partial charge in [-0.2, -0.15) is 0 Å². The second kappa shape index (κ2) is 7.60. The van der Waals surface area contributed by atoms with Crippen molar-refractivity contribution in [3.8, 4) is 11.1 Å². The number of carbonyl (C=O) groups excluding carboxylic acids is 1. The third kappa shape index (κ3) is 4.13. The van der Waals surface area contributed by atoms with Crippen molar-refractivity contribution in [3.63, 3.8) is 0 Å². The van der Waals surface area contributed by atoms with E-state index in [9.17, 15) is 4.79 Å². The molecule has 0 bridgehead atoms. The maximum atomic E-state index is 11.9. The molecule has 0 saturated heterocycles. The molecule has 0 aliphatic carbocycles. The Morgan fingerprint density at radius 1 is 0.840 bits per heavy atom. The largest absolute Gasteiger partial charge is 0.370 e. The zero-order chi connectivity index (χ0) is 17.8. The molecule has 0 aliphatic heterocycles. The van der Waals surface area contributed by atoms with Gasteiger partial charge in [0.05, 0.1) is 10.0 Å². The molecular weight excluding hydrogens is 355 g/mol. The Labute approximate surface area is 156 Å². The first kappa shape index (κ1) is 17.3. The van der Waals surface area contributed by atoms with Gasteiger partial charge in [0.1, 0.15) is 6.04 Å². The predicted molar refractivity (Wildman–Crippen MR) is 104 cm³/mol. The van der Waals surface area contributed by atoms with Gasteiger partial charge in [0.2, 0.25) is 5.91 Å². The highest BCUT2D eigenvalue weighted by Gasteiger charge is 2.17. The summed E-state index contributed by atoms with van der Waals surface area (Å²) in [4.78, 5) is 11.9. The van der Waals surface area contributed by atoms with Gasteiger partial charge < -0.3 is 11.1 Å². The summed E-state index contributed by atoms with van der Waals surface area (Å²) in [5.41, 5.74) is 9.07. The molecule has 0 aromatic heterocycles. The van der Waals surface area contributed by atoms with Crippen molar-refractivity contribution in [1.29, 1.82) is 0 Å². The third-order valence-corrected chi connectivity index (χ3v) is 4.58. The lowest BCUT2D eigenvalue weighted by Gasteiger charge is -2.18. The number of nitrogens with two attached hydrogens (primary N) is 1. The Morgan fingerprint density at radius 2 is 1.56 bits per heavy atom. The van der Waals surface area contributed by atoms with Crippen molar-refractivity contribution in [1.82, 2.24) is 0 Å². The molecule has 0 fully saturated rings. The molecule has 5 heteroatoms. The third-order valence-electron chi connectivity index (χ3n) is 3.84. The molecule has 3 rings (SSSR count). The number of rotatable bonds is 5. The molecule has 0 saturated carbocycles. The van der Waals surface area contributed by atoms with E-state index in [1.54, 1.807) is 6.07 Å². The van der Waals surface area contributed by atoms with Crippen LogP contribution in [0.1, 0.15) is 11.6 Å². The Kier molecular flexibility index (Phi) is 5.27. The molecule has 1 amide bonds. The van der Waals surface area contributed by atoms with Gasteiger partial charge in [-0.1, -0.05) is 71.7 Å². The van der Waals surface area contributed by atoms with Crippen LogP contribution in [0.15, 0.2) is 72.8 Å². The summed E-state index contributed by atoms with van der Waals surface area (Å²) in [6.07, 6.45) is 0. The lowest BCUT2D eigenvalue weighted by Crippen LogP contribution is -2.27. The maximum Gasteiger partial charge on any atom is 0.244 e. The van der Waals surface area contributed by atoms with Gasteiger partial charge >= 0.3 is 0 Å². The normalized spacial score (nSPS) is 11.8. The summed E-state index contributed by atoms with van der Waals surface area (Å²) in [7, 11) is 0. The molecule has 3 aromatic rings. The van der Waals surface area contributed by atoms with Crippen molar-refractivity contribution in [2.45, 2.75) is 6.04 Å². The Hall–Kier alpha value is -2.49. The van der Waals surface area contributed by atoms with Crippen LogP contribution < -0.4 is 11.1 Å². The maximum absolute atomic E-state index is 11.9. The zero-order valence-electron chi connectivity index (χ0n) is 13.2. The van der Waals surface area contributed by atoms with E-state index in [1.807, 2.05) is 66.7 Å². The van der Waals surface area contributed by atoms with Crippen LogP contribution in [0.3, 0.4) is 0 Å². The molecule has 126 valence electrons. The van der Waals surface area contributed by atoms with E-state index >= 15 is 0 Å². The van der Waals surface area contributed by atoms with Gasteiger partial charge in [-0.3, -0.25) is 4.79 Å². The number of nitrogens with one attached hydrogen (secondary N) is 1. The van der Waals surface area contributed by atoms with Crippen LogP contribution in [0, 0.1) is 0 Å². The van der Waals surface area contributed by atoms with Crippen molar-refractivity contribution in [3.05, 3.63) is 88.4 Å². The fraction of sp³-hybridized carbons (Fsp3) is 0.0500. The molecule has 0 unspecified atom stereocenters. The van der Waals surface area contributed by atoms with E-state index < -0.39 is 11.9 Å². The van der Waals surface area contributed by atoms with Crippen LogP contribution in [-0.4, -0.2) is 5.91 Å². The van der Waals surface area contributed by atoms with Crippen LogP contribution in [0.25, 0.3) is 11.1 Å². The lowest BCUT2D eigenvalue weighted by molar-refractivity contribution is -0.118. The quantitative estimate of drug-likeness (QED) is 0.640. The molecule has 0 spiro atoms. The van der Waals surface area contributed by atoms with Gasteiger partial charge in [-0.05, 0) is 41.0 Å². The number of hydrogen-bond donors (Lipinski definition) is 2. The van der Waals surface area contributed by atoms with E-state index in [1.165, 1.54) is 0 Å². The van der Waals surface area contributed by atoms with E-state index in [-0.39, 0.29) is 0 Å². The molecule has 0 radical (unpaired) electrons. The van der Waals surface area contributed by atoms with Crippen molar-refractivity contribution in [2.75, 3.05) is 5.32 Å². The first-order valence-electron chi connectivity index (χ1n) is 7.71. The molecule has 25 heavy (non-hydrogen) atoms. The van der Waals surface area contributed by atoms with Gasteiger partial charge in [0.15, 0.2) is 0 Å².